The number of hydrogen-bond donors (Lipinski definition) is 2. The summed E-state index contributed by atoms with van der Waals surface area (Å²) in [5.41, 5.74) is 5.94. The maximum Gasteiger partial charge on any atom is 0.0831 e. The van der Waals surface area contributed by atoms with Gasteiger partial charge in [-0.2, -0.15) is 0 Å². The predicted molar refractivity (Wildman–Crippen MR) is 95.0 cm³/mol. The van der Waals surface area contributed by atoms with Crippen LogP contribution in [0.1, 0.15) is 50.3 Å². The van der Waals surface area contributed by atoms with Gasteiger partial charge in [0.2, 0.25) is 0 Å². The normalized spacial score (nSPS) is 12.7. The fourth-order valence-electron chi connectivity index (χ4n) is 3.15. The molecule has 0 bridgehead atoms. The largest absolute Gasteiger partial charge is 0.242 e. The van der Waals surface area contributed by atoms with E-state index in [0.717, 1.165) is 6.42 Å². The summed E-state index contributed by atoms with van der Waals surface area (Å²) in [6.07, 6.45) is 3.52. The molecular formula is C20H24N2. The molecule has 0 atom stereocenters. The fourth-order valence-corrected chi connectivity index (χ4v) is 3.15. The van der Waals surface area contributed by atoms with Gasteiger partial charge in [-0.3, -0.25) is 0 Å². The predicted octanol–water partition coefficient (Wildman–Crippen LogP) is 5.88. The minimum absolute atomic E-state index is 0.583. The first kappa shape index (κ1) is 16.2. The molecule has 2 heteroatoms. The molecule has 2 nitrogen and oxygen atoms in total. The van der Waals surface area contributed by atoms with E-state index in [4.69, 9.17) is 10.8 Å². The van der Waals surface area contributed by atoms with E-state index in [2.05, 4.69) is 64.1 Å². The molecule has 0 saturated heterocycles. The van der Waals surface area contributed by atoms with Crippen LogP contribution in [0.4, 0.5) is 0 Å². The van der Waals surface area contributed by atoms with Gasteiger partial charge < -0.3 is 0 Å². The molecule has 0 heterocycles. The highest BCUT2D eigenvalue weighted by Crippen LogP contribution is 2.36. The lowest BCUT2D eigenvalue weighted by Gasteiger charge is -2.22. The van der Waals surface area contributed by atoms with E-state index >= 15 is 0 Å². The van der Waals surface area contributed by atoms with Gasteiger partial charge >= 0.3 is 0 Å². The topological polar surface area (TPSA) is 47.7 Å². The van der Waals surface area contributed by atoms with Gasteiger partial charge in [0, 0.05) is 0 Å². The van der Waals surface area contributed by atoms with E-state index in [1.165, 1.54) is 33.5 Å². The zero-order valence-corrected chi connectivity index (χ0v) is 13.8. The third-order valence-electron chi connectivity index (χ3n) is 4.29. The maximum absolute atomic E-state index is 5.62. The number of hydrogen-bond acceptors (Lipinski definition) is 2. The third kappa shape index (κ3) is 3.03. The second kappa shape index (κ2) is 6.72. The molecule has 22 heavy (non-hydrogen) atoms. The van der Waals surface area contributed by atoms with E-state index in [-0.39, 0.29) is 0 Å². The van der Waals surface area contributed by atoms with Crippen LogP contribution in [-0.4, -0.2) is 6.01 Å². The van der Waals surface area contributed by atoms with Gasteiger partial charge in [-0.15, -0.1) is 0 Å². The third-order valence-corrected chi connectivity index (χ3v) is 4.29. The number of rotatable bonds is 2. The van der Waals surface area contributed by atoms with E-state index in [1.807, 2.05) is 0 Å². The van der Waals surface area contributed by atoms with Gasteiger partial charge in [-0.25, -0.2) is 10.8 Å². The van der Waals surface area contributed by atoms with Gasteiger partial charge in [-0.1, -0.05) is 69.7 Å². The van der Waals surface area contributed by atoms with Crippen LogP contribution in [-0.2, 0) is 6.42 Å². The Balaban J connectivity index is 0.000000545. The first-order valence-electron chi connectivity index (χ1n) is 7.83. The molecule has 2 N–H and O–H groups in total. The van der Waals surface area contributed by atoms with Crippen LogP contribution < -0.4 is 0 Å². The van der Waals surface area contributed by atoms with Crippen LogP contribution in [0.3, 0.4) is 0 Å². The molecule has 114 valence electrons. The van der Waals surface area contributed by atoms with Crippen molar-refractivity contribution in [3.05, 3.63) is 52.6 Å². The smallest absolute Gasteiger partial charge is 0.0831 e. The van der Waals surface area contributed by atoms with Gasteiger partial charge in [0.15, 0.2) is 0 Å². The molecule has 0 aromatic heterocycles. The Bertz CT molecular complexity index is 746. The molecule has 1 aliphatic carbocycles. The van der Waals surface area contributed by atoms with Crippen molar-refractivity contribution >= 4 is 22.9 Å². The summed E-state index contributed by atoms with van der Waals surface area (Å²) in [6.45, 7) is 9.14. The maximum atomic E-state index is 5.62. The molecular weight excluding hydrogens is 268 g/mol. The Morgan fingerprint density at radius 2 is 1.64 bits per heavy atom. The summed E-state index contributed by atoms with van der Waals surface area (Å²) in [5, 5.41) is 14.2. The summed E-state index contributed by atoms with van der Waals surface area (Å²) in [7, 11) is 0. The van der Waals surface area contributed by atoms with Crippen molar-refractivity contribution < 1.29 is 0 Å². The lowest BCUT2D eigenvalue weighted by molar-refractivity contribution is 0.747. The van der Waals surface area contributed by atoms with Crippen LogP contribution >= 0.6 is 0 Å². The summed E-state index contributed by atoms with van der Waals surface area (Å²) < 4.78 is 0. The minimum atomic E-state index is 0.583. The van der Waals surface area contributed by atoms with Crippen LogP contribution in [0.15, 0.2) is 35.9 Å². The van der Waals surface area contributed by atoms with Gasteiger partial charge in [0.1, 0.15) is 0 Å². The van der Waals surface area contributed by atoms with E-state index in [1.54, 1.807) is 5.57 Å². The fraction of sp³-hybridized carbons (Fsp3) is 0.350. The minimum Gasteiger partial charge on any atom is -0.242 e. The second-order valence-electron chi connectivity index (χ2n) is 6.41. The molecule has 0 amide bonds. The molecule has 0 aliphatic heterocycles. The average Bonchev–Trinajstić information content (AvgIpc) is 2.48. The van der Waals surface area contributed by atoms with Gasteiger partial charge in [-0.05, 0) is 45.7 Å². The molecule has 0 spiro atoms. The molecule has 2 aromatic rings. The number of allylic oxidation sites excluding steroid dienone is 1. The lowest BCUT2D eigenvalue weighted by atomic mass is 9.82. The zero-order chi connectivity index (χ0) is 16.3. The van der Waals surface area contributed by atoms with Crippen molar-refractivity contribution in [3.63, 3.8) is 0 Å². The first-order chi connectivity index (χ1) is 10.5. The van der Waals surface area contributed by atoms with Crippen molar-refractivity contribution in [2.45, 2.75) is 40.0 Å². The van der Waals surface area contributed by atoms with Gasteiger partial charge in [0.25, 0.3) is 0 Å². The lowest BCUT2D eigenvalue weighted by Crippen LogP contribution is -2.05. The molecule has 0 fully saturated rings. The van der Waals surface area contributed by atoms with Crippen LogP contribution in [0.2, 0.25) is 0 Å². The van der Waals surface area contributed by atoms with Crippen molar-refractivity contribution in [3.8, 4) is 0 Å². The molecule has 2 aromatic carbocycles. The van der Waals surface area contributed by atoms with Crippen LogP contribution in [0, 0.1) is 16.7 Å². The second-order valence-corrected chi connectivity index (χ2v) is 6.41. The average molecular weight is 292 g/mol. The summed E-state index contributed by atoms with van der Waals surface area (Å²) in [5.74, 6) is 1.22. The first-order valence-corrected chi connectivity index (χ1v) is 7.83. The standard InChI is InChI=1S/C19H22.CH2N2/c1-12(2)16-10-14-6-5-7-18-17(13(3)4)9-8-15(11-16)19(14)18;2-1-3/h5-9,11-13H,10H2,1-4H3;2-3H. The Morgan fingerprint density at radius 1 is 0.955 bits per heavy atom. The monoisotopic (exact) mass is 292 g/mol. The summed E-state index contributed by atoms with van der Waals surface area (Å²) in [6, 6.07) is 12.7. The quantitative estimate of drug-likeness (QED) is 0.650. The molecule has 0 radical (unpaired) electrons. The number of benzene rings is 2. The van der Waals surface area contributed by atoms with Crippen molar-refractivity contribution in [2.24, 2.45) is 5.92 Å². The van der Waals surface area contributed by atoms with E-state index in [0.29, 0.717) is 11.8 Å². The van der Waals surface area contributed by atoms with Crippen molar-refractivity contribution in [1.82, 2.24) is 0 Å². The van der Waals surface area contributed by atoms with Crippen LogP contribution in [0.25, 0.3) is 16.8 Å². The number of nitrogens with one attached hydrogen (secondary N) is 2. The molecule has 3 rings (SSSR count). The summed E-state index contributed by atoms with van der Waals surface area (Å²) >= 11 is 0. The van der Waals surface area contributed by atoms with Crippen LogP contribution in [0.5, 0.6) is 0 Å². The summed E-state index contributed by atoms with van der Waals surface area (Å²) in [4.78, 5) is 0. The molecule has 0 saturated carbocycles. The zero-order valence-electron chi connectivity index (χ0n) is 13.8. The van der Waals surface area contributed by atoms with E-state index < -0.39 is 0 Å². The Kier molecular flexibility index (Phi) is 4.95. The Labute approximate surface area is 132 Å². The Morgan fingerprint density at radius 3 is 2.23 bits per heavy atom. The van der Waals surface area contributed by atoms with Gasteiger partial charge in [0.05, 0.1) is 6.01 Å². The van der Waals surface area contributed by atoms with Crippen molar-refractivity contribution in [2.75, 3.05) is 0 Å². The highest BCUT2D eigenvalue weighted by Gasteiger charge is 2.17. The highest BCUT2D eigenvalue weighted by atomic mass is 14.4. The molecule has 1 aliphatic rings. The Hall–Kier alpha value is -2.18. The van der Waals surface area contributed by atoms with E-state index in [9.17, 15) is 0 Å². The highest BCUT2D eigenvalue weighted by molar-refractivity contribution is 5.97. The van der Waals surface area contributed by atoms with Crippen molar-refractivity contribution in [1.29, 1.82) is 10.8 Å². The SMILES string of the molecule is CC(C)C1=Cc2ccc(C(C)C)c3cccc(c23)C1.N=C=N. The molecule has 0 unspecified atom stereocenters.